The number of hydrogen-bond donors (Lipinski definition) is 1. The number of anilines is 1. The molecule has 6 nitrogen and oxygen atoms in total. The molecule has 1 amide bonds. The van der Waals surface area contributed by atoms with Crippen LogP contribution in [0.1, 0.15) is 31.9 Å². The summed E-state index contributed by atoms with van der Waals surface area (Å²) < 4.78 is 5.72. The maximum atomic E-state index is 12.1. The highest BCUT2D eigenvalue weighted by Crippen LogP contribution is 2.32. The summed E-state index contributed by atoms with van der Waals surface area (Å²) in [5, 5.41) is 13.3. The Morgan fingerprint density at radius 1 is 1.16 bits per heavy atom. The average molecular weight is 342 g/mol. The van der Waals surface area contributed by atoms with Crippen molar-refractivity contribution < 1.29 is 14.5 Å². The van der Waals surface area contributed by atoms with Crippen molar-refractivity contribution in [1.82, 2.24) is 0 Å². The predicted molar refractivity (Wildman–Crippen MR) is 97.1 cm³/mol. The summed E-state index contributed by atoms with van der Waals surface area (Å²) in [6, 6.07) is 11.6. The van der Waals surface area contributed by atoms with E-state index in [1.807, 2.05) is 25.1 Å². The third kappa shape index (κ3) is 5.04. The van der Waals surface area contributed by atoms with Gasteiger partial charge < -0.3 is 10.1 Å². The first-order valence-corrected chi connectivity index (χ1v) is 7.95. The maximum Gasteiger partial charge on any atom is 0.269 e. The molecule has 2 aromatic rings. The zero-order chi connectivity index (χ0) is 18.6. The van der Waals surface area contributed by atoms with E-state index in [0.717, 1.165) is 11.1 Å². The van der Waals surface area contributed by atoms with E-state index in [1.54, 1.807) is 0 Å². The summed E-state index contributed by atoms with van der Waals surface area (Å²) in [5.41, 5.74) is 2.45. The Bertz CT molecular complexity index is 777. The van der Waals surface area contributed by atoms with Gasteiger partial charge in [-0.25, -0.2) is 0 Å². The molecule has 2 aromatic carbocycles. The molecule has 0 bridgehead atoms. The summed E-state index contributed by atoms with van der Waals surface area (Å²) in [4.78, 5) is 22.2. The number of nitro groups is 1. The summed E-state index contributed by atoms with van der Waals surface area (Å²) in [5.74, 6) is 0.363. The number of nitrogens with one attached hydrogen (secondary N) is 1. The first kappa shape index (κ1) is 18.4. The molecule has 0 aromatic heterocycles. The van der Waals surface area contributed by atoms with Crippen LogP contribution in [0, 0.1) is 17.0 Å². The molecule has 0 saturated carbocycles. The first-order valence-electron chi connectivity index (χ1n) is 7.95. The van der Waals surface area contributed by atoms with Crippen molar-refractivity contribution in [2.45, 2.75) is 33.1 Å². The van der Waals surface area contributed by atoms with Gasteiger partial charge in [-0.2, -0.15) is 0 Å². The molecule has 0 unspecified atom stereocenters. The van der Waals surface area contributed by atoms with Crippen molar-refractivity contribution >= 4 is 17.3 Å². The molecule has 0 aliphatic heterocycles. The van der Waals surface area contributed by atoms with Crippen LogP contribution in [0.15, 0.2) is 42.5 Å². The number of amides is 1. The molecule has 0 heterocycles. The number of carbonyl (C=O) groups excluding carboxylic acids is 1. The zero-order valence-electron chi connectivity index (χ0n) is 14.8. The van der Waals surface area contributed by atoms with Crippen LogP contribution in [0.3, 0.4) is 0 Å². The normalized spacial score (nSPS) is 11.0. The molecule has 6 heteroatoms. The number of hydrogen-bond acceptors (Lipinski definition) is 4. The molecular formula is C19H22N2O4. The first-order chi connectivity index (χ1) is 11.7. The second-order valence-electron chi connectivity index (χ2n) is 6.89. The highest BCUT2D eigenvalue weighted by Gasteiger charge is 2.19. The second kappa shape index (κ2) is 7.34. The van der Waals surface area contributed by atoms with E-state index in [9.17, 15) is 14.9 Å². The van der Waals surface area contributed by atoms with E-state index in [-0.39, 0.29) is 23.6 Å². The molecule has 132 valence electrons. The van der Waals surface area contributed by atoms with E-state index in [1.165, 1.54) is 24.3 Å². The van der Waals surface area contributed by atoms with Gasteiger partial charge in [-0.05, 0) is 41.7 Å². The Morgan fingerprint density at radius 3 is 2.36 bits per heavy atom. The lowest BCUT2D eigenvalue weighted by molar-refractivity contribution is -0.384. The quantitative estimate of drug-likeness (QED) is 0.651. The van der Waals surface area contributed by atoms with Crippen LogP contribution in [0.4, 0.5) is 11.4 Å². The van der Waals surface area contributed by atoms with Crippen molar-refractivity contribution in [1.29, 1.82) is 0 Å². The number of carbonyl (C=O) groups is 1. The fraction of sp³-hybridized carbons (Fsp3) is 0.316. The molecule has 0 spiro atoms. The van der Waals surface area contributed by atoms with Crippen LogP contribution in [0.25, 0.3) is 0 Å². The monoisotopic (exact) mass is 342 g/mol. The minimum atomic E-state index is -0.486. The number of non-ortho nitro benzene ring substituents is 1. The molecule has 0 saturated heterocycles. The lowest BCUT2D eigenvalue weighted by Gasteiger charge is -2.23. The largest absolute Gasteiger partial charge is 0.483 e. The van der Waals surface area contributed by atoms with Gasteiger partial charge in [-0.3, -0.25) is 14.9 Å². The van der Waals surface area contributed by atoms with Gasteiger partial charge in [0.1, 0.15) is 5.75 Å². The highest BCUT2D eigenvalue weighted by atomic mass is 16.6. The molecule has 0 atom stereocenters. The van der Waals surface area contributed by atoms with Crippen LogP contribution < -0.4 is 10.1 Å². The Hall–Kier alpha value is -2.89. The molecule has 25 heavy (non-hydrogen) atoms. The SMILES string of the molecule is Cc1ccc(C(C)(C)C)c(OCC(=O)Nc2ccc([N+](=O)[O-])cc2)c1. The topological polar surface area (TPSA) is 81.5 Å². The van der Waals surface area contributed by atoms with Crippen LogP contribution >= 0.6 is 0 Å². The van der Waals surface area contributed by atoms with Gasteiger partial charge >= 0.3 is 0 Å². The van der Waals surface area contributed by atoms with Gasteiger partial charge in [0, 0.05) is 17.8 Å². The Balaban J connectivity index is 2.03. The van der Waals surface area contributed by atoms with Crippen LogP contribution in [0.2, 0.25) is 0 Å². The fourth-order valence-corrected chi connectivity index (χ4v) is 2.38. The number of benzene rings is 2. The minimum absolute atomic E-state index is 0.0242. The molecule has 0 fully saturated rings. The van der Waals surface area contributed by atoms with Crippen LogP contribution in [-0.4, -0.2) is 17.4 Å². The van der Waals surface area contributed by atoms with Crippen LogP contribution in [-0.2, 0) is 10.2 Å². The summed E-state index contributed by atoms with van der Waals surface area (Å²) >= 11 is 0. The van der Waals surface area contributed by atoms with Crippen molar-refractivity contribution in [3.63, 3.8) is 0 Å². The van der Waals surface area contributed by atoms with E-state index in [4.69, 9.17) is 4.74 Å². The van der Waals surface area contributed by atoms with E-state index >= 15 is 0 Å². The molecule has 0 radical (unpaired) electrons. The second-order valence-corrected chi connectivity index (χ2v) is 6.89. The Kier molecular flexibility index (Phi) is 5.41. The lowest BCUT2D eigenvalue weighted by Crippen LogP contribution is -2.22. The van der Waals surface area contributed by atoms with E-state index in [2.05, 4.69) is 26.1 Å². The summed E-state index contributed by atoms with van der Waals surface area (Å²) in [6.07, 6.45) is 0. The van der Waals surface area contributed by atoms with Crippen molar-refractivity contribution in [3.05, 3.63) is 63.7 Å². The van der Waals surface area contributed by atoms with Gasteiger partial charge in [-0.1, -0.05) is 32.9 Å². The fourth-order valence-electron chi connectivity index (χ4n) is 2.38. The Morgan fingerprint density at radius 2 is 1.80 bits per heavy atom. The molecule has 2 rings (SSSR count). The molecule has 0 aliphatic carbocycles. The smallest absolute Gasteiger partial charge is 0.269 e. The summed E-state index contributed by atoms with van der Waals surface area (Å²) in [7, 11) is 0. The predicted octanol–water partition coefficient (Wildman–Crippen LogP) is 4.22. The minimum Gasteiger partial charge on any atom is -0.483 e. The summed E-state index contributed by atoms with van der Waals surface area (Å²) in [6.45, 7) is 8.09. The van der Waals surface area contributed by atoms with Crippen molar-refractivity contribution in [2.24, 2.45) is 0 Å². The molecular weight excluding hydrogens is 320 g/mol. The number of ether oxygens (including phenoxy) is 1. The maximum absolute atomic E-state index is 12.1. The third-order valence-electron chi connectivity index (χ3n) is 3.67. The molecule has 0 aliphatic rings. The van der Waals surface area contributed by atoms with Gasteiger partial charge in [0.05, 0.1) is 4.92 Å². The zero-order valence-corrected chi connectivity index (χ0v) is 14.8. The third-order valence-corrected chi connectivity index (χ3v) is 3.67. The standard InChI is InChI=1S/C19H22N2O4/c1-13-5-10-16(19(2,3)4)17(11-13)25-12-18(22)20-14-6-8-15(9-7-14)21(23)24/h5-11H,12H2,1-4H3,(H,20,22). The molecule has 1 N–H and O–H groups in total. The van der Waals surface area contributed by atoms with Crippen molar-refractivity contribution in [3.8, 4) is 5.75 Å². The number of nitrogens with zero attached hydrogens (tertiary/aromatic N) is 1. The van der Waals surface area contributed by atoms with E-state index in [0.29, 0.717) is 11.4 Å². The number of nitro benzene ring substituents is 1. The van der Waals surface area contributed by atoms with E-state index < -0.39 is 4.92 Å². The average Bonchev–Trinajstić information content (AvgIpc) is 2.52. The lowest BCUT2D eigenvalue weighted by atomic mass is 9.86. The highest BCUT2D eigenvalue weighted by molar-refractivity contribution is 5.92. The number of rotatable bonds is 5. The van der Waals surface area contributed by atoms with Crippen LogP contribution in [0.5, 0.6) is 5.75 Å². The van der Waals surface area contributed by atoms with Gasteiger partial charge in [0.2, 0.25) is 0 Å². The van der Waals surface area contributed by atoms with Gasteiger partial charge in [0.25, 0.3) is 11.6 Å². The number of aryl methyl sites for hydroxylation is 1. The Labute approximate surface area is 147 Å². The van der Waals surface area contributed by atoms with Crippen molar-refractivity contribution in [2.75, 3.05) is 11.9 Å². The van der Waals surface area contributed by atoms with Gasteiger partial charge in [-0.15, -0.1) is 0 Å². The van der Waals surface area contributed by atoms with Gasteiger partial charge in [0.15, 0.2) is 6.61 Å².